The predicted molar refractivity (Wildman–Crippen MR) is 65.1 cm³/mol. The number of aryl methyl sites for hydroxylation is 1. The summed E-state index contributed by atoms with van der Waals surface area (Å²) in [5.74, 6) is 1.69. The van der Waals surface area contributed by atoms with Crippen molar-refractivity contribution >= 4 is 0 Å². The van der Waals surface area contributed by atoms with Gasteiger partial charge in [-0.25, -0.2) is 0 Å². The molecule has 0 spiro atoms. The van der Waals surface area contributed by atoms with Gasteiger partial charge in [-0.1, -0.05) is 5.16 Å². The molecule has 1 saturated heterocycles. The van der Waals surface area contributed by atoms with Crippen LogP contribution in [-0.2, 0) is 4.74 Å². The highest BCUT2D eigenvalue weighted by Gasteiger charge is 2.21. The number of pyridine rings is 1. The minimum absolute atomic E-state index is 0.356. The van der Waals surface area contributed by atoms with Crippen LogP contribution in [0.2, 0.25) is 0 Å². The van der Waals surface area contributed by atoms with Crippen LogP contribution in [0.15, 0.2) is 22.9 Å². The van der Waals surface area contributed by atoms with Crippen LogP contribution in [-0.4, -0.2) is 28.3 Å². The average Bonchev–Trinajstić information content (AvgIpc) is 2.90. The zero-order valence-electron chi connectivity index (χ0n) is 10.3. The number of hydrogen-bond acceptors (Lipinski definition) is 5. The standard InChI is InChI=1S/C13H15N3O2/c1-9-2-3-11(8-14-9)13-15-12(16-18-13)10-4-6-17-7-5-10/h2-3,8,10H,4-7H2,1H3. The van der Waals surface area contributed by atoms with E-state index < -0.39 is 0 Å². The van der Waals surface area contributed by atoms with Crippen molar-refractivity contribution in [2.24, 2.45) is 0 Å². The van der Waals surface area contributed by atoms with E-state index in [1.54, 1.807) is 6.20 Å². The zero-order chi connectivity index (χ0) is 12.4. The highest BCUT2D eigenvalue weighted by molar-refractivity contribution is 5.50. The Morgan fingerprint density at radius 2 is 2.06 bits per heavy atom. The molecule has 0 radical (unpaired) electrons. The Labute approximate surface area is 105 Å². The first-order valence-electron chi connectivity index (χ1n) is 6.17. The molecule has 18 heavy (non-hydrogen) atoms. The number of ether oxygens (including phenoxy) is 1. The second-order valence-electron chi connectivity index (χ2n) is 4.53. The molecule has 0 N–H and O–H groups in total. The first-order valence-corrected chi connectivity index (χ1v) is 6.17. The normalized spacial score (nSPS) is 16.9. The number of nitrogens with zero attached hydrogens (tertiary/aromatic N) is 3. The summed E-state index contributed by atoms with van der Waals surface area (Å²) in [7, 11) is 0. The Morgan fingerprint density at radius 1 is 1.22 bits per heavy atom. The molecule has 94 valence electrons. The van der Waals surface area contributed by atoms with Gasteiger partial charge in [0.05, 0.1) is 5.56 Å². The van der Waals surface area contributed by atoms with Crippen LogP contribution in [0.4, 0.5) is 0 Å². The van der Waals surface area contributed by atoms with Gasteiger partial charge in [0.2, 0.25) is 0 Å². The van der Waals surface area contributed by atoms with E-state index in [4.69, 9.17) is 9.26 Å². The van der Waals surface area contributed by atoms with Crippen molar-refractivity contribution < 1.29 is 9.26 Å². The van der Waals surface area contributed by atoms with E-state index in [1.807, 2.05) is 19.1 Å². The lowest BCUT2D eigenvalue weighted by molar-refractivity contribution is 0.0830. The molecular weight excluding hydrogens is 230 g/mol. The van der Waals surface area contributed by atoms with E-state index in [9.17, 15) is 0 Å². The molecule has 0 aromatic carbocycles. The first kappa shape index (κ1) is 11.3. The van der Waals surface area contributed by atoms with Crippen LogP contribution < -0.4 is 0 Å². The molecule has 2 aromatic heterocycles. The Kier molecular flexibility index (Phi) is 3.06. The molecule has 0 unspecified atom stereocenters. The van der Waals surface area contributed by atoms with Crippen LogP contribution in [0.25, 0.3) is 11.5 Å². The Morgan fingerprint density at radius 3 is 2.78 bits per heavy atom. The van der Waals surface area contributed by atoms with Gasteiger partial charge >= 0.3 is 0 Å². The molecule has 1 fully saturated rings. The lowest BCUT2D eigenvalue weighted by atomic mass is 10.00. The molecule has 0 amide bonds. The summed E-state index contributed by atoms with van der Waals surface area (Å²) in [4.78, 5) is 8.69. The van der Waals surface area contributed by atoms with Gasteiger partial charge in [-0.15, -0.1) is 0 Å². The molecule has 3 rings (SSSR count). The molecule has 5 nitrogen and oxygen atoms in total. The molecule has 1 aliphatic heterocycles. The van der Waals surface area contributed by atoms with Gasteiger partial charge in [-0.3, -0.25) is 4.98 Å². The van der Waals surface area contributed by atoms with Crippen molar-refractivity contribution in [2.75, 3.05) is 13.2 Å². The van der Waals surface area contributed by atoms with Gasteiger partial charge in [-0.2, -0.15) is 4.98 Å². The molecule has 5 heteroatoms. The molecule has 0 bridgehead atoms. The van der Waals surface area contributed by atoms with Crippen molar-refractivity contribution in [3.63, 3.8) is 0 Å². The summed E-state index contributed by atoms with van der Waals surface area (Å²) in [5.41, 5.74) is 1.84. The minimum atomic E-state index is 0.356. The zero-order valence-corrected chi connectivity index (χ0v) is 10.3. The van der Waals surface area contributed by atoms with Crippen molar-refractivity contribution in [3.05, 3.63) is 29.8 Å². The topological polar surface area (TPSA) is 61.0 Å². The van der Waals surface area contributed by atoms with Crippen molar-refractivity contribution in [1.29, 1.82) is 0 Å². The molecule has 0 atom stereocenters. The van der Waals surface area contributed by atoms with Gasteiger partial charge in [0, 0.05) is 31.0 Å². The maximum absolute atomic E-state index is 5.33. The van der Waals surface area contributed by atoms with Crippen molar-refractivity contribution in [3.8, 4) is 11.5 Å². The monoisotopic (exact) mass is 245 g/mol. The Bertz CT molecular complexity index is 515. The molecule has 3 heterocycles. The fourth-order valence-electron chi connectivity index (χ4n) is 2.07. The number of hydrogen-bond donors (Lipinski definition) is 0. The van der Waals surface area contributed by atoms with Gasteiger partial charge in [0.15, 0.2) is 5.82 Å². The van der Waals surface area contributed by atoms with E-state index in [0.717, 1.165) is 43.1 Å². The quantitative estimate of drug-likeness (QED) is 0.812. The number of aromatic nitrogens is 3. The molecule has 0 saturated carbocycles. The third-order valence-corrected chi connectivity index (χ3v) is 3.19. The summed E-state index contributed by atoms with van der Waals surface area (Å²) in [6.45, 7) is 3.51. The van der Waals surface area contributed by atoms with E-state index in [1.165, 1.54) is 0 Å². The third kappa shape index (κ3) is 2.26. The predicted octanol–water partition coefficient (Wildman–Crippen LogP) is 2.33. The summed E-state index contributed by atoms with van der Waals surface area (Å²) in [6.07, 6.45) is 3.69. The lowest BCUT2D eigenvalue weighted by Gasteiger charge is -2.18. The maximum atomic E-state index is 5.33. The van der Waals surface area contributed by atoms with Crippen LogP contribution in [0.3, 0.4) is 0 Å². The first-order chi connectivity index (χ1) is 8.83. The summed E-state index contributed by atoms with van der Waals surface area (Å²) in [5, 5.41) is 4.07. The van der Waals surface area contributed by atoms with E-state index in [0.29, 0.717) is 11.8 Å². The van der Waals surface area contributed by atoms with Crippen LogP contribution in [0.5, 0.6) is 0 Å². The average molecular weight is 245 g/mol. The molecule has 1 aliphatic rings. The highest BCUT2D eigenvalue weighted by Crippen LogP contribution is 2.26. The molecular formula is C13H15N3O2. The van der Waals surface area contributed by atoms with Gasteiger partial charge in [0.25, 0.3) is 5.89 Å². The summed E-state index contributed by atoms with van der Waals surface area (Å²) in [6, 6.07) is 3.89. The number of rotatable bonds is 2. The highest BCUT2D eigenvalue weighted by atomic mass is 16.5. The van der Waals surface area contributed by atoms with Crippen LogP contribution in [0.1, 0.15) is 30.3 Å². The second kappa shape index (κ2) is 4.86. The van der Waals surface area contributed by atoms with Gasteiger partial charge < -0.3 is 9.26 Å². The van der Waals surface area contributed by atoms with E-state index in [2.05, 4.69) is 15.1 Å². The molecule has 0 aliphatic carbocycles. The minimum Gasteiger partial charge on any atom is -0.381 e. The Balaban J connectivity index is 1.82. The van der Waals surface area contributed by atoms with Crippen molar-refractivity contribution in [1.82, 2.24) is 15.1 Å². The van der Waals surface area contributed by atoms with E-state index >= 15 is 0 Å². The van der Waals surface area contributed by atoms with Crippen LogP contribution in [0, 0.1) is 6.92 Å². The lowest BCUT2D eigenvalue weighted by Crippen LogP contribution is -2.15. The SMILES string of the molecule is Cc1ccc(-c2nc(C3CCOCC3)no2)cn1. The fourth-order valence-corrected chi connectivity index (χ4v) is 2.07. The van der Waals surface area contributed by atoms with Crippen molar-refractivity contribution in [2.45, 2.75) is 25.7 Å². The Hall–Kier alpha value is -1.75. The fraction of sp³-hybridized carbons (Fsp3) is 0.462. The van der Waals surface area contributed by atoms with Gasteiger partial charge in [-0.05, 0) is 31.9 Å². The maximum Gasteiger partial charge on any atom is 0.259 e. The van der Waals surface area contributed by atoms with Gasteiger partial charge in [0.1, 0.15) is 0 Å². The third-order valence-electron chi connectivity index (χ3n) is 3.19. The van der Waals surface area contributed by atoms with E-state index in [-0.39, 0.29) is 0 Å². The second-order valence-corrected chi connectivity index (χ2v) is 4.53. The largest absolute Gasteiger partial charge is 0.381 e. The summed E-state index contributed by atoms with van der Waals surface area (Å²) >= 11 is 0. The smallest absolute Gasteiger partial charge is 0.259 e. The summed E-state index contributed by atoms with van der Waals surface area (Å²) < 4.78 is 10.6. The van der Waals surface area contributed by atoms with Crippen LogP contribution >= 0.6 is 0 Å². The molecule has 2 aromatic rings.